The first-order valence-corrected chi connectivity index (χ1v) is 8.01. The molecule has 2 amide bonds. The van der Waals surface area contributed by atoms with Crippen LogP contribution in [0, 0.1) is 6.92 Å². The number of carbonyl (C=O) groups excluding carboxylic acids is 2. The van der Waals surface area contributed by atoms with Crippen LogP contribution in [0.15, 0.2) is 36.5 Å². The molecule has 3 rings (SSSR count). The van der Waals surface area contributed by atoms with E-state index in [4.69, 9.17) is 0 Å². The highest BCUT2D eigenvalue weighted by Gasteiger charge is 2.32. The molecule has 8 heteroatoms. The number of aromatic nitrogens is 1. The van der Waals surface area contributed by atoms with Gasteiger partial charge in [-0.3, -0.25) is 9.59 Å². The van der Waals surface area contributed by atoms with E-state index in [1.807, 2.05) is 6.92 Å². The number of nitrogens with one attached hydrogen (secondary N) is 1. The molecule has 1 fully saturated rings. The van der Waals surface area contributed by atoms with Crippen LogP contribution in [0.25, 0.3) is 0 Å². The zero-order valence-electron chi connectivity index (χ0n) is 13.9. The van der Waals surface area contributed by atoms with E-state index in [0.717, 1.165) is 30.3 Å². The first-order chi connectivity index (χ1) is 12.3. The van der Waals surface area contributed by atoms with Crippen molar-refractivity contribution in [3.05, 3.63) is 53.3 Å². The largest absolute Gasteiger partial charge is 0.433 e. The number of alkyl halides is 3. The van der Waals surface area contributed by atoms with Gasteiger partial charge in [-0.05, 0) is 37.6 Å². The van der Waals surface area contributed by atoms with Crippen molar-refractivity contribution < 1.29 is 22.8 Å². The summed E-state index contributed by atoms with van der Waals surface area (Å²) in [7, 11) is 0. The Hall–Kier alpha value is -2.90. The molecule has 5 nitrogen and oxygen atoms in total. The Kier molecular flexibility index (Phi) is 4.67. The maximum absolute atomic E-state index is 12.6. The highest BCUT2D eigenvalue weighted by Crippen LogP contribution is 2.29. The van der Waals surface area contributed by atoms with Gasteiger partial charge in [-0.25, -0.2) is 4.98 Å². The summed E-state index contributed by atoms with van der Waals surface area (Å²) < 4.78 is 37.7. The first-order valence-electron chi connectivity index (χ1n) is 8.01. The van der Waals surface area contributed by atoms with Gasteiger partial charge in [0.25, 0.3) is 5.91 Å². The second-order valence-corrected chi connectivity index (χ2v) is 6.05. The maximum atomic E-state index is 12.6. The molecule has 1 N–H and O–H groups in total. The predicted octanol–water partition coefficient (Wildman–Crippen LogP) is 3.79. The molecule has 0 spiro atoms. The number of aryl methyl sites for hydroxylation is 1. The molecule has 0 radical (unpaired) electrons. The molecule has 1 aliphatic rings. The summed E-state index contributed by atoms with van der Waals surface area (Å²) in [5.41, 5.74) is 0.726. The van der Waals surface area contributed by atoms with Gasteiger partial charge in [0, 0.05) is 13.0 Å². The Morgan fingerprint density at radius 2 is 2.00 bits per heavy atom. The lowest BCUT2D eigenvalue weighted by molar-refractivity contribution is -0.141. The highest BCUT2D eigenvalue weighted by molar-refractivity contribution is 6.11. The van der Waals surface area contributed by atoms with E-state index >= 15 is 0 Å². The van der Waals surface area contributed by atoms with E-state index in [2.05, 4.69) is 10.3 Å². The molecule has 0 unspecified atom stereocenters. The topological polar surface area (TPSA) is 62.3 Å². The maximum Gasteiger partial charge on any atom is 0.433 e. The molecule has 2 heterocycles. The van der Waals surface area contributed by atoms with Crippen molar-refractivity contribution in [2.45, 2.75) is 25.9 Å². The Labute approximate surface area is 147 Å². The monoisotopic (exact) mass is 363 g/mol. The Bertz CT molecular complexity index is 848. The number of amides is 2. The van der Waals surface area contributed by atoms with Gasteiger partial charge in [0.05, 0.1) is 23.1 Å². The van der Waals surface area contributed by atoms with Crippen LogP contribution >= 0.6 is 0 Å². The summed E-state index contributed by atoms with van der Waals surface area (Å²) >= 11 is 0. The fraction of sp³-hybridized carbons (Fsp3) is 0.278. The number of rotatable bonds is 3. The minimum Gasteiger partial charge on any atom is -0.321 e. The third-order valence-corrected chi connectivity index (χ3v) is 4.07. The summed E-state index contributed by atoms with van der Waals surface area (Å²) in [6, 6.07) is 7.10. The lowest BCUT2D eigenvalue weighted by Crippen LogP contribution is -2.27. The summed E-state index contributed by atoms with van der Waals surface area (Å²) in [6.07, 6.45) is -2.44. The van der Waals surface area contributed by atoms with Crippen LogP contribution < -0.4 is 10.2 Å². The van der Waals surface area contributed by atoms with Crippen LogP contribution in [0.2, 0.25) is 0 Å². The van der Waals surface area contributed by atoms with Crippen LogP contribution in [0.1, 0.15) is 34.5 Å². The van der Waals surface area contributed by atoms with Crippen molar-refractivity contribution in [3.8, 4) is 0 Å². The number of pyridine rings is 1. The predicted molar refractivity (Wildman–Crippen MR) is 90.0 cm³/mol. The summed E-state index contributed by atoms with van der Waals surface area (Å²) in [5.74, 6) is -0.566. The average Bonchev–Trinajstić information content (AvgIpc) is 3.00. The van der Waals surface area contributed by atoms with Gasteiger partial charge in [-0.1, -0.05) is 11.6 Å². The van der Waals surface area contributed by atoms with Gasteiger partial charge in [-0.2, -0.15) is 13.2 Å². The zero-order valence-corrected chi connectivity index (χ0v) is 13.9. The quantitative estimate of drug-likeness (QED) is 0.903. The second-order valence-electron chi connectivity index (χ2n) is 6.05. The van der Waals surface area contributed by atoms with E-state index in [1.165, 1.54) is 0 Å². The third-order valence-electron chi connectivity index (χ3n) is 4.07. The molecule has 136 valence electrons. The molecule has 26 heavy (non-hydrogen) atoms. The molecule has 1 saturated heterocycles. The zero-order chi connectivity index (χ0) is 18.9. The fourth-order valence-corrected chi connectivity index (χ4v) is 2.80. The molecular formula is C18H16F3N3O2. The Balaban J connectivity index is 1.86. The molecule has 2 aromatic rings. The van der Waals surface area contributed by atoms with Crippen molar-refractivity contribution in [1.82, 2.24) is 4.98 Å². The molecular weight excluding hydrogens is 347 g/mol. The normalized spacial score (nSPS) is 14.6. The van der Waals surface area contributed by atoms with Crippen LogP contribution in [-0.4, -0.2) is 23.3 Å². The molecule has 0 atom stereocenters. The van der Waals surface area contributed by atoms with Crippen LogP contribution in [0.3, 0.4) is 0 Å². The summed E-state index contributed by atoms with van der Waals surface area (Å²) in [4.78, 5) is 29.5. The SMILES string of the molecule is Cc1ccc(N2CCCC2=O)c(C(=O)Nc2ccc(C(F)(F)F)nc2)c1. The number of carbonyl (C=O) groups is 2. The third kappa shape index (κ3) is 3.68. The average molecular weight is 363 g/mol. The molecule has 1 aliphatic heterocycles. The van der Waals surface area contributed by atoms with Crippen LogP contribution in [-0.2, 0) is 11.0 Å². The van der Waals surface area contributed by atoms with Crippen molar-refractivity contribution in [2.24, 2.45) is 0 Å². The molecule has 0 bridgehead atoms. The van der Waals surface area contributed by atoms with Gasteiger partial charge in [0.15, 0.2) is 0 Å². The van der Waals surface area contributed by atoms with Crippen molar-refractivity contribution in [2.75, 3.05) is 16.8 Å². The number of hydrogen-bond acceptors (Lipinski definition) is 3. The number of halogens is 3. The van der Waals surface area contributed by atoms with Gasteiger partial charge in [0.1, 0.15) is 5.69 Å². The smallest absolute Gasteiger partial charge is 0.321 e. The molecule has 0 aliphatic carbocycles. The first kappa shape index (κ1) is 17.9. The Morgan fingerprint density at radius 1 is 1.23 bits per heavy atom. The second kappa shape index (κ2) is 6.78. The van der Waals surface area contributed by atoms with E-state index in [0.29, 0.717) is 24.2 Å². The lowest BCUT2D eigenvalue weighted by Gasteiger charge is -2.20. The Morgan fingerprint density at radius 3 is 2.58 bits per heavy atom. The standard InChI is InChI=1S/C18H16F3N3O2/c1-11-4-6-14(24-8-2-3-16(24)25)13(9-11)17(26)23-12-5-7-15(22-10-12)18(19,20)21/h4-7,9-10H,2-3,8H2,1H3,(H,23,26). The summed E-state index contributed by atoms with van der Waals surface area (Å²) in [6.45, 7) is 2.34. The van der Waals surface area contributed by atoms with Crippen LogP contribution in [0.4, 0.5) is 24.5 Å². The minimum absolute atomic E-state index is 0.0564. The van der Waals surface area contributed by atoms with Gasteiger partial charge in [-0.15, -0.1) is 0 Å². The molecule has 1 aromatic carbocycles. The molecule has 0 saturated carbocycles. The van der Waals surface area contributed by atoms with Gasteiger partial charge < -0.3 is 10.2 Å². The van der Waals surface area contributed by atoms with Crippen molar-refractivity contribution in [1.29, 1.82) is 0 Å². The minimum atomic E-state index is -4.54. The fourth-order valence-electron chi connectivity index (χ4n) is 2.80. The summed E-state index contributed by atoms with van der Waals surface area (Å²) in [5, 5.41) is 2.54. The number of hydrogen-bond donors (Lipinski definition) is 1. The van der Waals surface area contributed by atoms with E-state index in [9.17, 15) is 22.8 Å². The number of nitrogens with zero attached hydrogens (tertiary/aromatic N) is 2. The van der Waals surface area contributed by atoms with Gasteiger partial charge >= 0.3 is 6.18 Å². The molecule has 1 aromatic heterocycles. The van der Waals surface area contributed by atoms with Crippen molar-refractivity contribution >= 4 is 23.2 Å². The van der Waals surface area contributed by atoms with Crippen molar-refractivity contribution in [3.63, 3.8) is 0 Å². The van der Waals surface area contributed by atoms with E-state index in [1.54, 1.807) is 23.1 Å². The highest BCUT2D eigenvalue weighted by atomic mass is 19.4. The van der Waals surface area contributed by atoms with Crippen LogP contribution in [0.5, 0.6) is 0 Å². The number of anilines is 2. The number of benzene rings is 1. The van der Waals surface area contributed by atoms with E-state index < -0.39 is 17.8 Å². The van der Waals surface area contributed by atoms with Gasteiger partial charge in [0.2, 0.25) is 5.91 Å². The van der Waals surface area contributed by atoms with E-state index in [-0.39, 0.29) is 11.6 Å². The lowest BCUT2D eigenvalue weighted by atomic mass is 10.1.